The Morgan fingerprint density at radius 1 is 0.724 bits per heavy atom. The van der Waals surface area contributed by atoms with Gasteiger partial charge in [-0.25, -0.2) is 0 Å². The molecule has 0 aromatic heterocycles. The molecular weight excluding hydrogens is 348 g/mol. The number of hydrogen-bond acceptors (Lipinski definition) is 0. The molecule has 2 unspecified atom stereocenters. The number of allylic oxidation sites excluding steroid dienone is 1. The Balaban J connectivity index is 1.41. The van der Waals surface area contributed by atoms with Gasteiger partial charge in [0.2, 0.25) is 0 Å². The topological polar surface area (TPSA) is 0 Å². The zero-order valence-corrected chi connectivity index (χ0v) is 18.0. The van der Waals surface area contributed by atoms with Crippen molar-refractivity contribution >= 4 is 6.08 Å². The van der Waals surface area contributed by atoms with Gasteiger partial charge in [-0.05, 0) is 77.8 Å². The highest BCUT2D eigenvalue weighted by atomic mass is 14.3. The number of fused-ring (bicyclic) bond motifs is 1. The second kappa shape index (κ2) is 8.82. The smallest absolute Gasteiger partial charge is 0.00230 e. The monoisotopic (exact) mass is 380 g/mol. The molecule has 2 atom stereocenters. The quantitative estimate of drug-likeness (QED) is 0.400. The van der Waals surface area contributed by atoms with Crippen molar-refractivity contribution in [3.8, 4) is 0 Å². The summed E-state index contributed by atoms with van der Waals surface area (Å²) in [7, 11) is 0. The summed E-state index contributed by atoms with van der Waals surface area (Å²) in [6.07, 6.45) is 6.99. The van der Waals surface area contributed by atoms with Gasteiger partial charge < -0.3 is 0 Å². The molecule has 1 aliphatic carbocycles. The lowest BCUT2D eigenvalue weighted by Crippen LogP contribution is -2.12. The summed E-state index contributed by atoms with van der Waals surface area (Å²) < 4.78 is 0. The summed E-state index contributed by atoms with van der Waals surface area (Å²) in [4.78, 5) is 0. The standard InChI is InChI=1S/C29H32/c1-21(16-24-10-6-4-7-11-24)22(2)17-26-19-28-15-14-27(23(3)29(28)20-26)18-25-12-8-5-9-13-25/h4-15,19,21-22H,16-18,20H2,1-3H3. The van der Waals surface area contributed by atoms with E-state index in [4.69, 9.17) is 0 Å². The van der Waals surface area contributed by atoms with Crippen LogP contribution in [0.1, 0.15) is 53.6 Å². The first kappa shape index (κ1) is 19.7. The molecule has 0 aliphatic heterocycles. The van der Waals surface area contributed by atoms with Gasteiger partial charge in [-0.15, -0.1) is 0 Å². The summed E-state index contributed by atoms with van der Waals surface area (Å²) in [5.74, 6) is 1.39. The van der Waals surface area contributed by atoms with Crippen molar-refractivity contribution < 1.29 is 0 Å². The Labute approximate surface area is 176 Å². The Hall–Kier alpha value is -2.60. The normalized spacial score (nSPS) is 14.9. The van der Waals surface area contributed by atoms with Crippen LogP contribution in [0.25, 0.3) is 6.08 Å². The van der Waals surface area contributed by atoms with Gasteiger partial charge in [0.05, 0.1) is 0 Å². The SMILES string of the molecule is Cc1c(Cc2ccccc2)ccc2c1CC(CC(C)C(C)Cc1ccccc1)=C2. The van der Waals surface area contributed by atoms with Gasteiger partial charge >= 0.3 is 0 Å². The maximum atomic E-state index is 2.46. The third kappa shape index (κ3) is 4.70. The van der Waals surface area contributed by atoms with E-state index in [0.29, 0.717) is 11.8 Å². The maximum absolute atomic E-state index is 2.46. The largest absolute Gasteiger partial charge is 0.0649 e. The van der Waals surface area contributed by atoms with Crippen LogP contribution in [0.2, 0.25) is 0 Å². The van der Waals surface area contributed by atoms with Crippen LogP contribution in [0.3, 0.4) is 0 Å². The van der Waals surface area contributed by atoms with Gasteiger partial charge in [-0.3, -0.25) is 0 Å². The molecule has 0 amide bonds. The lowest BCUT2D eigenvalue weighted by molar-refractivity contribution is 0.382. The van der Waals surface area contributed by atoms with E-state index in [1.54, 1.807) is 11.1 Å². The second-order valence-corrected chi connectivity index (χ2v) is 8.91. The summed E-state index contributed by atoms with van der Waals surface area (Å²) in [6, 6.07) is 26.4. The minimum atomic E-state index is 0.691. The first-order chi connectivity index (χ1) is 14.1. The van der Waals surface area contributed by atoms with Crippen LogP contribution < -0.4 is 0 Å². The van der Waals surface area contributed by atoms with Gasteiger partial charge in [-0.1, -0.05) is 98.3 Å². The molecule has 1 aliphatic rings. The van der Waals surface area contributed by atoms with Crippen LogP contribution in [0.5, 0.6) is 0 Å². The van der Waals surface area contributed by atoms with Gasteiger partial charge in [0.15, 0.2) is 0 Å². The van der Waals surface area contributed by atoms with E-state index in [1.165, 1.54) is 40.7 Å². The molecule has 0 spiro atoms. The van der Waals surface area contributed by atoms with E-state index in [2.05, 4.69) is 99.6 Å². The van der Waals surface area contributed by atoms with E-state index in [-0.39, 0.29) is 0 Å². The van der Waals surface area contributed by atoms with Crippen LogP contribution >= 0.6 is 0 Å². The van der Waals surface area contributed by atoms with Crippen molar-refractivity contribution in [2.45, 2.75) is 46.5 Å². The first-order valence-corrected chi connectivity index (χ1v) is 11.0. The molecule has 29 heavy (non-hydrogen) atoms. The van der Waals surface area contributed by atoms with E-state index in [0.717, 1.165) is 12.8 Å². The molecule has 148 valence electrons. The lowest BCUT2D eigenvalue weighted by atomic mass is 9.85. The molecule has 0 bridgehead atoms. The molecule has 3 aromatic rings. The van der Waals surface area contributed by atoms with Gasteiger partial charge in [0.1, 0.15) is 0 Å². The molecule has 0 saturated heterocycles. The van der Waals surface area contributed by atoms with Crippen molar-refractivity contribution in [1.29, 1.82) is 0 Å². The van der Waals surface area contributed by atoms with E-state index in [9.17, 15) is 0 Å². The number of rotatable bonds is 7. The fraction of sp³-hybridized carbons (Fsp3) is 0.310. The Morgan fingerprint density at radius 3 is 2.03 bits per heavy atom. The van der Waals surface area contributed by atoms with Gasteiger partial charge in [0.25, 0.3) is 0 Å². The minimum Gasteiger partial charge on any atom is -0.0649 e. The summed E-state index contributed by atoms with van der Waals surface area (Å²) in [6.45, 7) is 7.14. The van der Waals surface area contributed by atoms with E-state index < -0.39 is 0 Å². The van der Waals surface area contributed by atoms with Crippen molar-refractivity contribution in [2.75, 3.05) is 0 Å². The highest BCUT2D eigenvalue weighted by Gasteiger charge is 2.21. The fourth-order valence-electron chi connectivity index (χ4n) is 4.63. The number of hydrogen-bond donors (Lipinski definition) is 0. The van der Waals surface area contributed by atoms with Crippen molar-refractivity contribution in [2.24, 2.45) is 11.8 Å². The first-order valence-electron chi connectivity index (χ1n) is 11.0. The van der Waals surface area contributed by atoms with Crippen LogP contribution in [-0.4, -0.2) is 0 Å². The average molecular weight is 381 g/mol. The highest BCUT2D eigenvalue weighted by molar-refractivity contribution is 5.66. The molecule has 0 heterocycles. The Morgan fingerprint density at radius 2 is 1.34 bits per heavy atom. The second-order valence-electron chi connectivity index (χ2n) is 8.91. The van der Waals surface area contributed by atoms with Crippen molar-refractivity contribution in [1.82, 2.24) is 0 Å². The minimum absolute atomic E-state index is 0.691. The predicted molar refractivity (Wildman–Crippen MR) is 125 cm³/mol. The van der Waals surface area contributed by atoms with Crippen LogP contribution in [0.4, 0.5) is 0 Å². The fourth-order valence-corrected chi connectivity index (χ4v) is 4.63. The molecule has 4 rings (SSSR count). The van der Waals surface area contributed by atoms with Crippen LogP contribution in [-0.2, 0) is 19.3 Å². The Bertz CT molecular complexity index is 979. The molecule has 0 heteroatoms. The number of benzene rings is 3. The maximum Gasteiger partial charge on any atom is -0.00230 e. The predicted octanol–water partition coefficient (Wildman–Crippen LogP) is 7.43. The summed E-state index contributed by atoms with van der Waals surface area (Å²) >= 11 is 0. The van der Waals surface area contributed by atoms with Crippen LogP contribution in [0, 0.1) is 18.8 Å². The van der Waals surface area contributed by atoms with E-state index in [1.807, 2.05) is 0 Å². The average Bonchev–Trinajstić information content (AvgIpc) is 3.15. The third-order valence-electron chi connectivity index (χ3n) is 6.70. The van der Waals surface area contributed by atoms with Crippen LogP contribution in [0.15, 0.2) is 78.4 Å². The summed E-state index contributed by atoms with van der Waals surface area (Å²) in [5.41, 5.74) is 10.4. The lowest BCUT2D eigenvalue weighted by Gasteiger charge is -2.21. The zero-order chi connectivity index (χ0) is 20.2. The van der Waals surface area contributed by atoms with Gasteiger partial charge in [-0.2, -0.15) is 0 Å². The zero-order valence-electron chi connectivity index (χ0n) is 18.0. The van der Waals surface area contributed by atoms with Crippen molar-refractivity contribution in [3.05, 3.63) is 112 Å². The Kier molecular flexibility index (Phi) is 6.00. The molecule has 0 N–H and O–H groups in total. The molecule has 0 radical (unpaired) electrons. The summed E-state index contributed by atoms with van der Waals surface area (Å²) in [5, 5.41) is 0. The molecule has 0 fully saturated rings. The molecular formula is C29H32. The third-order valence-corrected chi connectivity index (χ3v) is 6.70. The highest BCUT2D eigenvalue weighted by Crippen LogP contribution is 2.35. The van der Waals surface area contributed by atoms with E-state index >= 15 is 0 Å². The molecule has 0 nitrogen and oxygen atoms in total. The van der Waals surface area contributed by atoms with Crippen molar-refractivity contribution in [3.63, 3.8) is 0 Å². The molecule has 3 aromatic carbocycles. The molecule has 0 saturated carbocycles. The van der Waals surface area contributed by atoms with Gasteiger partial charge in [0, 0.05) is 0 Å².